The van der Waals surface area contributed by atoms with Crippen molar-refractivity contribution < 1.29 is 14.3 Å². The average molecular weight is 460 g/mol. The summed E-state index contributed by atoms with van der Waals surface area (Å²) in [4.78, 5) is 17.1. The molecule has 0 saturated heterocycles. The van der Waals surface area contributed by atoms with Crippen molar-refractivity contribution >= 4 is 40.0 Å². The second-order valence-electron chi connectivity index (χ2n) is 7.82. The minimum absolute atomic E-state index is 0.0776. The normalized spacial score (nSPS) is 10.9. The lowest BCUT2D eigenvalue weighted by Crippen LogP contribution is -2.34. The van der Waals surface area contributed by atoms with Crippen LogP contribution in [0.5, 0.6) is 5.75 Å². The van der Waals surface area contributed by atoms with Gasteiger partial charge in [0.1, 0.15) is 11.3 Å². The van der Waals surface area contributed by atoms with Crippen LogP contribution in [-0.2, 0) is 12.8 Å². The largest absolute Gasteiger partial charge is 0.507 e. The molecule has 3 aromatic carbocycles. The molecule has 0 aliphatic rings. The molecule has 0 saturated carbocycles. The molecule has 7 heteroatoms. The fraction of sp³-hybridized carbons (Fsp3) is 0.192. The molecule has 0 atom stereocenters. The van der Waals surface area contributed by atoms with Gasteiger partial charge in [-0.05, 0) is 85.1 Å². The highest BCUT2D eigenvalue weighted by Gasteiger charge is 2.17. The van der Waals surface area contributed by atoms with Crippen LogP contribution in [0.4, 0.5) is 5.69 Å². The highest BCUT2D eigenvalue weighted by molar-refractivity contribution is 7.80. The molecule has 4 rings (SSSR count). The molecule has 168 valence electrons. The zero-order valence-corrected chi connectivity index (χ0v) is 19.5. The number of carbonyl (C=O) groups excluding carboxylic acids is 1. The molecule has 1 amide bonds. The Morgan fingerprint density at radius 2 is 1.73 bits per heavy atom. The first-order valence-corrected chi connectivity index (χ1v) is 11.2. The average Bonchev–Trinajstić information content (AvgIpc) is 3.24. The number of anilines is 1. The van der Waals surface area contributed by atoms with Crippen LogP contribution in [0, 0.1) is 6.92 Å². The smallest absolute Gasteiger partial charge is 0.257 e. The number of hydrogen-bond acceptors (Lipinski definition) is 5. The predicted molar refractivity (Wildman–Crippen MR) is 135 cm³/mol. The van der Waals surface area contributed by atoms with E-state index in [2.05, 4.69) is 29.5 Å². The topological polar surface area (TPSA) is 87.4 Å². The molecule has 1 aromatic heterocycles. The summed E-state index contributed by atoms with van der Waals surface area (Å²) in [5, 5.41) is 16.5. The molecule has 0 aliphatic heterocycles. The van der Waals surface area contributed by atoms with Crippen LogP contribution in [0.3, 0.4) is 0 Å². The number of aromatic nitrogens is 1. The van der Waals surface area contributed by atoms with Crippen LogP contribution < -0.4 is 10.6 Å². The zero-order valence-electron chi connectivity index (χ0n) is 18.7. The van der Waals surface area contributed by atoms with E-state index in [1.807, 2.05) is 30.3 Å². The quantitative estimate of drug-likeness (QED) is 0.260. The highest BCUT2D eigenvalue weighted by Crippen LogP contribution is 2.36. The third-order valence-corrected chi connectivity index (χ3v) is 5.70. The number of aromatic hydroxyl groups is 1. The number of fused-ring (bicyclic) bond motifs is 1. The molecule has 0 bridgehead atoms. The van der Waals surface area contributed by atoms with Gasteiger partial charge in [-0.2, -0.15) is 0 Å². The molecule has 1 heterocycles. The standard InChI is InChI=1S/C26H25N3O3S/c1-4-16-6-9-18(10-7-16)24(31)29-26(33)27-19-12-15(3)23(30)20(14-19)25-28-21-13-17(5-2)8-11-22(21)32-25/h6-14,30H,4-5H2,1-3H3,(H2,27,29,31,33). The Morgan fingerprint density at radius 1 is 1.03 bits per heavy atom. The fourth-order valence-electron chi connectivity index (χ4n) is 3.55. The lowest BCUT2D eigenvalue weighted by atomic mass is 10.1. The summed E-state index contributed by atoms with van der Waals surface area (Å²) in [5.41, 5.74) is 5.88. The van der Waals surface area contributed by atoms with Crippen molar-refractivity contribution in [1.82, 2.24) is 10.3 Å². The summed E-state index contributed by atoms with van der Waals surface area (Å²) in [6.45, 7) is 5.92. The number of aryl methyl sites for hydroxylation is 3. The van der Waals surface area contributed by atoms with Gasteiger partial charge in [-0.15, -0.1) is 0 Å². The van der Waals surface area contributed by atoms with Gasteiger partial charge in [0.05, 0.1) is 5.56 Å². The van der Waals surface area contributed by atoms with Gasteiger partial charge in [-0.1, -0.05) is 32.0 Å². The van der Waals surface area contributed by atoms with Crippen molar-refractivity contribution in [3.8, 4) is 17.2 Å². The van der Waals surface area contributed by atoms with Gasteiger partial charge in [0, 0.05) is 11.3 Å². The minimum Gasteiger partial charge on any atom is -0.507 e. The Balaban J connectivity index is 1.55. The van der Waals surface area contributed by atoms with Crippen molar-refractivity contribution in [3.05, 3.63) is 76.9 Å². The van der Waals surface area contributed by atoms with Crippen molar-refractivity contribution in [3.63, 3.8) is 0 Å². The van der Waals surface area contributed by atoms with Gasteiger partial charge in [0.2, 0.25) is 5.89 Å². The van der Waals surface area contributed by atoms with Crippen LogP contribution in [0.1, 0.15) is 40.9 Å². The molecule has 0 radical (unpaired) electrons. The van der Waals surface area contributed by atoms with Crippen LogP contribution in [0.15, 0.2) is 59.0 Å². The second kappa shape index (κ2) is 9.42. The van der Waals surface area contributed by atoms with E-state index in [-0.39, 0.29) is 16.8 Å². The molecule has 0 aliphatic carbocycles. The third kappa shape index (κ3) is 4.88. The molecule has 3 N–H and O–H groups in total. The molecule has 6 nitrogen and oxygen atoms in total. The van der Waals surface area contributed by atoms with Crippen LogP contribution in [0.25, 0.3) is 22.6 Å². The highest BCUT2D eigenvalue weighted by atomic mass is 32.1. The van der Waals surface area contributed by atoms with E-state index < -0.39 is 0 Å². The maximum Gasteiger partial charge on any atom is 0.257 e. The predicted octanol–water partition coefficient (Wildman–Crippen LogP) is 5.76. The Hall–Kier alpha value is -3.71. The number of phenols is 1. The van der Waals surface area contributed by atoms with Crippen LogP contribution in [0.2, 0.25) is 0 Å². The minimum atomic E-state index is -0.295. The molecule has 4 aromatic rings. The number of oxazole rings is 1. The summed E-state index contributed by atoms with van der Waals surface area (Å²) in [6.07, 6.45) is 1.80. The maximum absolute atomic E-state index is 12.5. The number of phenolic OH excluding ortho intramolecular Hbond substituents is 1. The molecular formula is C26H25N3O3S. The fourth-order valence-corrected chi connectivity index (χ4v) is 3.76. The van der Waals surface area contributed by atoms with Crippen molar-refractivity contribution in [2.45, 2.75) is 33.6 Å². The third-order valence-electron chi connectivity index (χ3n) is 5.50. The molecule has 0 fully saturated rings. The molecule has 0 unspecified atom stereocenters. The van der Waals surface area contributed by atoms with Gasteiger partial charge >= 0.3 is 0 Å². The first kappa shape index (κ1) is 22.5. The van der Waals surface area contributed by atoms with Crippen LogP contribution in [-0.4, -0.2) is 21.1 Å². The van der Waals surface area contributed by atoms with E-state index in [9.17, 15) is 9.90 Å². The van der Waals surface area contributed by atoms with Gasteiger partial charge in [0.15, 0.2) is 10.7 Å². The van der Waals surface area contributed by atoms with Crippen molar-refractivity contribution in [2.75, 3.05) is 5.32 Å². The Labute approximate surface area is 197 Å². The van der Waals surface area contributed by atoms with Crippen molar-refractivity contribution in [1.29, 1.82) is 0 Å². The van der Waals surface area contributed by atoms with E-state index in [0.29, 0.717) is 33.9 Å². The van der Waals surface area contributed by atoms with E-state index in [4.69, 9.17) is 16.6 Å². The zero-order chi connectivity index (χ0) is 23.5. The number of amides is 1. The number of rotatable bonds is 5. The van der Waals surface area contributed by atoms with Gasteiger partial charge in [-0.25, -0.2) is 4.98 Å². The molecular weight excluding hydrogens is 434 g/mol. The first-order chi connectivity index (χ1) is 15.9. The number of hydrogen-bond donors (Lipinski definition) is 3. The summed E-state index contributed by atoms with van der Waals surface area (Å²) >= 11 is 5.33. The summed E-state index contributed by atoms with van der Waals surface area (Å²) in [6, 6.07) is 16.7. The van der Waals surface area contributed by atoms with E-state index >= 15 is 0 Å². The van der Waals surface area contributed by atoms with Gasteiger partial charge < -0.3 is 14.8 Å². The summed E-state index contributed by atoms with van der Waals surface area (Å²) < 4.78 is 5.89. The molecule has 0 spiro atoms. The Kier molecular flexibility index (Phi) is 6.42. The second-order valence-corrected chi connectivity index (χ2v) is 8.23. The first-order valence-electron chi connectivity index (χ1n) is 10.8. The summed E-state index contributed by atoms with van der Waals surface area (Å²) in [7, 11) is 0. The van der Waals surface area contributed by atoms with E-state index in [1.54, 1.807) is 31.2 Å². The lowest BCUT2D eigenvalue weighted by Gasteiger charge is -2.13. The monoisotopic (exact) mass is 459 g/mol. The Morgan fingerprint density at radius 3 is 2.42 bits per heavy atom. The number of nitrogens with zero attached hydrogens (tertiary/aromatic N) is 1. The lowest BCUT2D eigenvalue weighted by molar-refractivity contribution is 0.0977. The van der Waals surface area contributed by atoms with Crippen molar-refractivity contribution in [2.24, 2.45) is 0 Å². The molecule has 33 heavy (non-hydrogen) atoms. The maximum atomic E-state index is 12.5. The number of thiocarbonyl (C=S) groups is 1. The number of benzene rings is 3. The number of carbonyl (C=O) groups is 1. The van der Waals surface area contributed by atoms with Gasteiger partial charge in [-0.3, -0.25) is 10.1 Å². The Bertz CT molecular complexity index is 1340. The van der Waals surface area contributed by atoms with Gasteiger partial charge in [0.25, 0.3) is 5.91 Å². The number of nitrogens with one attached hydrogen (secondary N) is 2. The van der Waals surface area contributed by atoms with E-state index in [1.165, 1.54) is 0 Å². The van der Waals surface area contributed by atoms with Crippen LogP contribution >= 0.6 is 12.2 Å². The van der Waals surface area contributed by atoms with E-state index in [0.717, 1.165) is 29.5 Å². The SMILES string of the molecule is CCc1ccc(C(=O)NC(=S)Nc2cc(C)c(O)c(-c3nc4cc(CC)ccc4o3)c2)cc1. The summed E-state index contributed by atoms with van der Waals surface area (Å²) in [5.74, 6) is 0.0961.